The third-order valence-electron chi connectivity index (χ3n) is 7.91. The molecule has 0 unspecified atom stereocenters. The van der Waals surface area contributed by atoms with E-state index in [1.165, 1.54) is 34.9 Å². The number of morpholine rings is 1. The van der Waals surface area contributed by atoms with E-state index >= 15 is 4.39 Å². The van der Waals surface area contributed by atoms with Crippen molar-refractivity contribution in [3.05, 3.63) is 88.2 Å². The number of sulfonamides is 1. The van der Waals surface area contributed by atoms with Crippen molar-refractivity contribution in [1.82, 2.24) is 19.2 Å². The number of hydrogen-bond acceptors (Lipinski definition) is 8. The molecule has 254 valence electrons. The van der Waals surface area contributed by atoms with Crippen LogP contribution >= 0.6 is 0 Å². The fourth-order valence-electron chi connectivity index (χ4n) is 5.28. The van der Waals surface area contributed by atoms with Crippen LogP contribution in [0.3, 0.4) is 0 Å². The van der Waals surface area contributed by atoms with Gasteiger partial charge in [-0.15, -0.1) is 0 Å². The number of benzene rings is 3. The molecule has 3 aromatic carbocycles. The molecule has 48 heavy (non-hydrogen) atoms. The molecular formula is C34H38FN5O7S. The van der Waals surface area contributed by atoms with Gasteiger partial charge in [0.25, 0.3) is 15.6 Å². The summed E-state index contributed by atoms with van der Waals surface area (Å²) in [6.07, 6.45) is -0.121. The van der Waals surface area contributed by atoms with Gasteiger partial charge in [-0.3, -0.25) is 9.36 Å². The first-order valence-electron chi connectivity index (χ1n) is 15.7. The number of carbonyl (C=O) groups excluding carboxylic acids is 2. The van der Waals surface area contributed by atoms with Crippen molar-refractivity contribution >= 4 is 38.7 Å². The molecule has 0 radical (unpaired) electrons. The molecule has 12 nitrogen and oxygen atoms in total. The fourth-order valence-corrected chi connectivity index (χ4v) is 6.40. The molecule has 14 heteroatoms. The molecular weight excluding hydrogens is 641 g/mol. The summed E-state index contributed by atoms with van der Waals surface area (Å²) < 4.78 is 55.6. The number of aromatic nitrogens is 2. The number of rotatable bonds is 10. The summed E-state index contributed by atoms with van der Waals surface area (Å²) in [6.45, 7) is 7.50. The molecule has 0 saturated carbocycles. The Morgan fingerprint density at radius 2 is 1.81 bits per heavy atom. The zero-order chi connectivity index (χ0) is 34.4. The SMILES string of the molecule is CCc1nc2ccc(NC(=O)N3CCOCC3)cc2c(=O)n1Cc1ccc(-c2ccccc2S(=O)(=O)NC(=O)OCCC(C)C)cc1F. The van der Waals surface area contributed by atoms with Crippen LogP contribution in [0.15, 0.2) is 70.4 Å². The van der Waals surface area contributed by atoms with Crippen molar-refractivity contribution in [2.75, 3.05) is 38.2 Å². The monoisotopic (exact) mass is 679 g/mol. The zero-order valence-corrected chi connectivity index (χ0v) is 27.8. The average Bonchev–Trinajstić information content (AvgIpc) is 3.06. The highest BCUT2D eigenvalue weighted by Gasteiger charge is 2.24. The summed E-state index contributed by atoms with van der Waals surface area (Å²) in [7, 11) is -4.35. The molecule has 1 aromatic heterocycles. The van der Waals surface area contributed by atoms with Crippen LogP contribution in [0.2, 0.25) is 0 Å². The first-order chi connectivity index (χ1) is 23.0. The number of ether oxygens (including phenoxy) is 2. The highest BCUT2D eigenvalue weighted by molar-refractivity contribution is 7.90. The number of carbonyl (C=O) groups is 2. The maximum Gasteiger partial charge on any atom is 0.421 e. The first-order valence-corrected chi connectivity index (χ1v) is 17.2. The van der Waals surface area contributed by atoms with E-state index in [1.807, 2.05) is 25.5 Å². The summed E-state index contributed by atoms with van der Waals surface area (Å²) in [5.41, 5.74) is 1.09. The summed E-state index contributed by atoms with van der Waals surface area (Å²) in [5.74, 6) is 0.0516. The third-order valence-corrected chi connectivity index (χ3v) is 9.28. The highest BCUT2D eigenvalue weighted by Crippen LogP contribution is 2.29. The minimum atomic E-state index is -4.35. The van der Waals surface area contributed by atoms with Gasteiger partial charge in [0.05, 0.1) is 42.2 Å². The molecule has 0 atom stereocenters. The van der Waals surface area contributed by atoms with Crippen LogP contribution < -0.4 is 15.6 Å². The minimum absolute atomic E-state index is 0.0650. The number of hydrogen-bond donors (Lipinski definition) is 2. The van der Waals surface area contributed by atoms with Crippen molar-refractivity contribution in [3.8, 4) is 11.1 Å². The van der Waals surface area contributed by atoms with Crippen LogP contribution in [0.1, 0.15) is 38.6 Å². The average molecular weight is 680 g/mol. The molecule has 4 aromatic rings. The van der Waals surface area contributed by atoms with Gasteiger partial charge in [0.2, 0.25) is 0 Å². The van der Waals surface area contributed by atoms with Crippen molar-refractivity contribution in [2.45, 2.75) is 45.1 Å². The molecule has 2 N–H and O–H groups in total. The van der Waals surface area contributed by atoms with Crippen LogP contribution in [0, 0.1) is 11.7 Å². The maximum atomic E-state index is 15.7. The van der Waals surface area contributed by atoms with Crippen molar-refractivity contribution in [2.24, 2.45) is 5.92 Å². The molecule has 5 rings (SSSR count). The van der Waals surface area contributed by atoms with E-state index in [4.69, 9.17) is 9.47 Å². The lowest BCUT2D eigenvalue weighted by atomic mass is 10.0. The van der Waals surface area contributed by atoms with Crippen LogP contribution in [-0.4, -0.2) is 67.9 Å². The van der Waals surface area contributed by atoms with E-state index in [0.717, 1.165) is 0 Å². The molecule has 1 aliphatic rings. The number of halogens is 1. The quantitative estimate of drug-likeness (QED) is 0.234. The second kappa shape index (κ2) is 14.9. The van der Waals surface area contributed by atoms with Gasteiger partial charge < -0.3 is 19.7 Å². The van der Waals surface area contributed by atoms with Gasteiger partial charge >= 0.3 is 12.1 Å². The van der Waals surface area contributed by atoms with Crippen LogP contribution in [-0.2, 0) is 32.5 Å². The van der Waals surface area contributed by atoms with Crippen molar-refractivity contribution in [3.63, 3.8) is 0 Å². The van der Waals surface area contributed by atoms with E-state index in [1.54, 1.807) is 35.2 Å². The minimum Gasteiger partial charge on any atom is -0.449 e. The Morgan fingerprint density at radius 3 is 2.52 bits per heavy atom. The molecule has 1 aliphatic heterocycles. The Balaban J connectivity index is 1.40. The summed E-state index contributed by atoms with van der Waals surface area (Å²) >= 11 is 0. The molecule has 0 aliphatic carbocycles. The number of fused-ring (bicyclic) bond motifs is 1. The van der Waals surface area contributed by atoms with Crippen LogP contribution in [0.5, 0.6) is 0 Å². The lowest BCUT2D eigenvalue weighted by Gasteiger charge is -2.27. The smallest absolute Gasteiger partial charge is 0.421 e. The normalized spacial score (nSPS) is 13.5. The van der Waals surface area contributed by atoms with Crippen LogP contribution in [0.4, 0.5) is 19.7 Å². The predicted octanol–water partition coefficient (Wildman–Crippen LogP) is 5.14. The molecule has 0 bridgehead atoms. The number of urea groups is 1. The number of nitrogens with one attached hydrogen (secondary N) is 2. The number of aryl methyl sites for hydroxylation is 1. The maximum absolute atomic E-state index is 15.7. The molecule has 3 amide bonds. The highest BCUT2D eigenvalue weighted by atomic mass is 32.2. The second-order valence-electron chi connectivity index (χ2n) is 11.8. The van der Waals surface area contributed by atoms with E-state index < -0.39 is 27.5 Å². The number of nitrogens with zero attached hydrogens (tertiary/aromatic N) is 3. The Bertz CT molecular complexity index is 1990. The lowest BCUT2D eigenvalue weighted by Crippen LogP contribution is -2.43. The summed E-state index contributed by atoms with van der Waals surface area (Å²) in [5, 5.41) is 3.08. The summed E-state index contributed by atoms with van der Waals surface area (Å²) in [6, 6.07) is 14.8. The Kier molecular flexibility index (Phi) is 10.7. The van der Waals surface area contributed by atoms with E-state index in [-0.39, 0.29) is 52.1 Å². The van der Waals surface area contributed by atoms with E-state index in [9.17, 15) is 22.8 Å². The van der Waals surface area contributed by atoms with Crippen molar-refractivity contribution in [1.29, 1.82) is 0 Å². The van der Waals surface area contributed by atoms with Gasteiger partial charge in [0.1, 0.15) is 11.6 Å². The summed E-state index contributed by atoms with van der Waals surface area (Å²) in [4.78, 5) is 44.7. The van der Waals surface area contributed by atoms with Crippen LogP contribution in [0.25, 0.3) is 22.0 Å². The topological polar surface area (TPSA) is 149 Å². The fraction of sp³-hybridized carbons (Fsp3) is 0.353. The van der Waals surface area contributed by atoms with Gasteiger partial charge in [-0.25, -0.2) is 32.1 Å². The zero-order valence-electron chi connectivity index (χ0n) is 27.0. The van der Waals surface area contributed by atoms with Gasteiger partial charge in [-0.1, -0.05) is 51.1 Å². The number of anilines is 1. The lowest BCUT2D eigenvalue weighted by molar-refractivity contribution is 0.0564. The van der Waals surface area contributed by atoms with Gasteiger partial charge in [-0.05, 0) is 48.2 Å². The Labute approximate surface area is 277 Å². The Morgan fingerprint density at radius 1 is 1.06 bits per heavy atom. The Hall–Kier alpha value is -4.82. The molecule has 2 heterocycles. The van der Waals surface area contributed by atoms with E-state index in [0.29, 0.717) is 56.2 Å². The molecule has 1 fully saturated rings. The van der Waals surface area contributed by atoms with Crippen molar-refractivity contribution < 1.29 is 31.9 Å². The van der Waals surface area contributed by atoms with E-state index in [2.05, 4.69) is 10.3 Å². The first kappa shape index (κ1) is 34.5. The van der Waals surface area contributed by atoms with Gasteiger partial charge in [-0.2, -0.15) is 0 Å². The van der Waals surface area contributed by atoms with Gasteiger partial charge in [0.15, 0.2) is 0 Å². The largest absolute Gasteiger partial charge is 0.449 e. The standard InChI is InChI=1S/C34H38FN5O7S/c1-4-31-37-29-12-11-25(36-33(42)39-14-17-46-18-15-39)20-27(29)32(41)40(31)21-24-10-9-23(19-28(24)35)26-7-5-6-8-30(26)48(44,45)38-34(43)47-16-13-22(2)3/h5-12,19-20,22H,4,13-18,21H2,1-3H3,(H,36,42)(H,38,43). The molecule has 0 spiro atoms. The predicted molar refractivity (Wildman–Crippen MR) is 179 cm³/mol. The third kappa shape index (κ3) is 8.00. The molecule has 1 saturated heterocycles. The van der Waals surface area contributed by atoms with Gasteiger partial charge in [0, 0.05) is 36.3 Å². The number of amides is 3. The second-order valence-corrected chi connectivity index (χ2v) is 13.4.